The van der Waals surface area contributed by atoms with Gasteiger partial charge in [-0.2, -0.15) is 0 Å². The molecule has 1 heterocycles. The molecule has 1 aliphatic heterocycles. The molecule has 4 aromatic rings. The van der Waals surface area contributed by atoms with Gasteiger partial charge in [0.25, 0.3) is 0 Å². The number of nitrogens with one attached hydrogen (secondary N) is 2. The molecule has 0 radical (unpaired) electrons. The summed E-state index contributed by atoms with van der Waals surface area (Å²) in [5.41, 5.74) is 5.46. The molecule has 0 unspecified atom stereocenters. The van der Waals surface area contributed by atoms with Gasteiger partial charge in [0.2, 0.25) is 0 Å². The van der Waals surface area contributed by atoms with Crippen LogP contribution >= 0.6 is 0 Å². The van der Waals surface area contributed by atoms with Crippen molar-refractivity contribution in [1.29, 1.82) is 0 Å². The van der Waals surface area contributed by atoms with Crippen molar-refractivity contribution < 1.29 is 19.4 Å². The molecule has 1 fully saturated rings. The van der Waals surface area contributed by atoms with Crippen molar-refractivity contribution in [3.63, 3.8) is 0 Å². The summed E-state index contributed by atoms with van der Waals surface area (Å²) in [5, 5.41) is 24.6. The largest absolute Gasteiger partial charge is 0.494 e. The second-order valence-electron chi connectivity index (χ2n) is 10.9. The third-order valence-corrected chi connectivity index (χ3v) is 7.32. The molecule has 5 rings (SSSR count). The molecular weight excluding hydrogens is 498 g/mol. The van der Waals surface area contributed by atoms with E-state index in [1.54, 1.807) is 12.1 Å². The quantitative estimate of drug-likeness (QED) is 0.247. The number of rotatable bonds is 8. The first-order valence-electron chi connectivity index (χ1n) is 13.6. The molecule has 0 atom stereocenters. The lowest BCUT2D eigenvalue weighted by Gasteiger charge is -2.32. The first kappa shape index (κ1) is 29.4. The van der Waals surface area contributed by atoms with Crippen LogP contribution in [-0.2, 0) is 22.4 Å². The van der Waals surface area contributed by atoms with Gasteiger partial charge in [0.05, 0.1) is 11.2 Å². The van der Waals surface area contributed by atoms with E-state index in [4.69, 9.17) is 19.4 Å². The van der Waals surface area contributed by atoms with Gasteiger partial charge in [0, 0.05) is 24.5 Å². The van der Waals surface area contributed by atoms with Crippen LogP contribution in [0.5, 0.6) is 0 Å². The molecule has 0 spiro atoms. The van der Waals surface area contributed by atoms with Crippen LogP contribution in [0.3, 0.4) is 0 Å². The molecule has 40 heavy (non-hydrogen) atoms. The molecule has 0 aliphatic carbocycles. The van der Waals surface area contributed by atoms with Crippen LogP contribution in [0.25, 0.3) is 0 Å². The van der Waals surface area contributed by atoms with E-state index >= 15 is 0 Å². The Balaban J connectivity index is 0.000000194. The van der Waals surface area contributed by atoms with Crippen molar-refractivity contribution in [2.24, 2.45) is 0 Å². The van der Waals surface area contributed by atoms with Gasteiger partial charge in [-0.25, -0.2) is 0 Å². The monoisotopic (exact) mass is 536 g/mol. The maximum atomic E-state index is 8.96. The topological polar surface area (TPSA) is 83.0 Å². The molecule has 1 saturated heterocycles. The Morgan fingerprint density at radius 1 is 0.600 bits per heavy atom. The fourth-order valence-electron chi connectivity index (χ4n) is 4.11. The number of anilines is 2. The molecule has 0 saturated carbocycles. The first-order chi connectivity index (χ1) is 19.1. The van der Waals surface area contributed by atoms with Gasteiger partial charge in [-0.3, -0.25) is 0 Å². The van der Waals surface area contributed by atoms with Crippen LogP contribution in [0.4, 0.5) is 11.4 Å². The fraction of sp³-hybridized carbons (Fsp3) is 0.250. The highest BCUT2D eigenvalue weighted by atomic mass is 16.7. The second-order valence-corrected chi connectivity index (χ2v) is 10.9. The van der Waals surface area contributed by atoms with Gasteiger partial charge >= 0.3 is 14.2 Å². The summed E-state index contributed by atoms with van der Waals surface area (Å²) in [6.45, 7) is 9.86. The van der Waals surface area contributed by atoms with E-state index < -0.39 is 7.12 Å². The van der Waals surface area contributed by atoms with Gasteiger partial charge < -0.3 is 30.0 Å². The fourth-order valence-corrected chi connectivity index (χ4v) is 4.11. The van der Waals surface area contributed by atoms with Crippen molar-refractivity contribution in [2.45, 2.75) is 52.0 Å². The Labute approximate surface area is 238 Å². The van der Waals surface area contributed by atoms with E-state index in [0.717, 1.165) is 29.9 Å². The van der Waals surface area contributed by atoms with Crippen LogP contribution in [0.2, 0.25) is 0 Å². The molecule has 4 N–H and O–H groups in total. The summed E-state index contributed by atoms with van der Waals surface area (Å²) in [6, 6.07) is 35.8. The molecule has 4 aromatic carbocycles. The van der Waals surface area contributed by atoms with Crippen LogP contribution in [0.15, 0.2) is 109 Å². The predicted molar refractivity (Wildman–Crippen MR) is 166 cm³/mol. The Morgan fingerprint density at radius 2 is 1.00 bits per heavy atom. The van der Waals surface area contributed by atoms with Crippen molar-refractivity contribution in [3.8, 4) is 0 Å². The molecule has 0 bridgehead atoms. The Hall–Kier alpha value is -3.55. The van der Waals surface area contributed by atoms with Crippen LogP contribution in [0, 0.1) is 0 Å². The summed E-state index contributed by atoms with van der Waals surface area (Å²) >= 11 is 0. The normalized spacial score (nSPS) is 15.1. The van der Waals surface area contributed by atoms with Crippen molar-refractivity contribution in [3.05, 3.63) is 120 Å². The summed E-state index contributed by atoms with van der Waals surface area (Å²) in [4.78, 5) is 0. The van der Waals surface area contributed by atoms with Crippen LogP contribution < -0.4 is 21.6 Å². The number of hydrogen-bond donors (Lipinski definition) is 4. The lowest BCUT2D eigenvalue weighted by atomic mass is 9.79. The maximum absolute atomic E-state index is 8.96. The maximum Gasteiger partial charge on any atom is 0.494 e. The molecule has 206 valence electrons. The van der Waals surface area contributed by atoms with Crippen molar-refractivity contribution >= 4 is 36.5 Å². The number of benzene rings is 4. The average Bonchev–Trinajstić information content (AvgIpc) is 3.19. The van der Waals surface area contributed by atoms with Crippen molar-refractivity contribution in [1.82, 2.24) is 0 Å². The van der Waals surface area contributed by atoms with Crippen LogP contribution in [-0.4, -0.2) is 35.5 Å². The van der Waals surface area contributed by atoms with Gasteiger partial charge in [0.15, 0.2) is 0 Å². The molecule has 0 aromatic heterocycles. The zero-order valence-corrected chi connectivity index (χ0v) is 23.7. The zero-order valence-electron chi connectivity index (χ0n) is 23.7. The van der Waals surface area contributed by atoms with E-state index in [-0.39, 0.29) is 18.3 Å². The summed E-state index contributed by atoms with van der Waals surface area (Å²) in [5.74, 6) is 0. The van der Waals surface area contributed by atoms with E-state index in [2.05, 4.69) is 99.0 Å². The number of hydrogen-bond acceptors (Lipinski definition) is 6. The molecule has 6 nitrogen and oxygen atoms in total. The minimum Gasteiger partial charge on any atom is -0.423 e. The molecule has 8 heteroatoms. The third-order valence-electron chi connectivity index (χ3n) is 7.32. The Bertz CT molecular complexity index is 1300. The highest BCUT2D eigenvalue weighted by Crippen LogP contribution is 2.36. The lowest BCUT2D eigenvalue weighted by molar-refractivity contribution is 0.00578. The van der Waals surface area contributed by atoms with Gasteiger partial charge in [0.1, 0.15) is 0 Å². The van der Waals surface area contributed by atoms with E-state index in [1.807, 2.05) is 36.4 Å². The molecule has 0 amide bonds. The van der Waals surface area contributed by atoms with Crippen LogP contribution in [0.1, 0.15) is 38.8 Å². The summed E-state index contributed by atoms with van der Waals surface area (Å²) < 4.78 is 12.2. The zero-order chi connectivity index (χ0) is 28.6. The highest BCUT2D eigenvalue weighted by molar-refractivity contribution is 6.62. The SMILES string of the molecule is CC1(C)OB(c2ccc(NCc3ccccc3)cc2)OC1(C)C.OB(O)c1ccc(NCc2ccccc2)cc1. The van der Waals surface area contributed by atoms with Gasteiger partial charge in [-0.1, -0.05) is 84.9 Å². The second kappa shape index (κ2) is 13.2. The third kappa shape index (κ3) is 7.99. The van der Waals surface area contributed by atoms with Crippen molar-refractivity contribution in [2.75, 3.05) is 10.6 Å². The first-order valence-corrected chi connectivity index (χ1v) is 13.6. The van der Waals surface area contributed by atoms with E-state index in [9.17, 15) is 0 Å². The summed E-state index contributed by atoms with van der Waals surface area (Å²) in [6.07, 6.45) is 0. The smallest absolute Gasteiger partial charge is 0.423 e. The Morgan fingerprint density at radius 3 is 1.40 bits per heavy atom. The average molecular weight is 536 g/mol. The Kier molecular flexibility index (Phi) is 9.71. The summed E-state index contributed by atoms with van der Waals surface area (Å²) in [7, 11) is -1.71. The standard InChI is InChI=1S/C19H24BNO2.C13H14BNO2/c1-18(2)19(3,4)23-20(22-18)16-10-12-17(13-11-16)21-14-15-8-6-5-7-9-15;16-14(17)12-6-8-13(9-7-12)15-10-11-4-2-1-3-5-11/h5-13,21H,14H2,1-4H3;1-9,15-17H,10H2. The lowest BCUT2D eigenvalue weighted by Crippen LogP contribution is -2.41. The molecule has 1 aliphatic rings. The predicted octanol–water partition coefficient (Wildman–Crippen LogP) is 4.58. The van der Waals surface area contributed by atoms with E-state index in [0.29, 0.717) is 5.46 Å². The highest BCUT2D eigenvalue weighted by Gasteiger charge is 2.51. The molecular formula is C32H38B2N2O4. The minimum absolute atomic E-state index is 0.303. The van der Waals surface area contributed by atoms with Gasteiger partial charge in [-0.05, 0) is 74.0 Å². The minimum atomic E-state index is -1.40. The van der Waals surface area contributed by atoms with E-state index in [1.165, 1.54) is 11.1 Å². The van der Waals surface area contributed by atoms with Gasteiger partial charge in [-0.15, -0.1) is 0 Å².